The van der Waals surface area contributed by atoms with Gasteiger partial charge in [-0.15, -0.1) is 0 Å². The summed E-state index contributed by atoms with van der Waals surface area (Å²) in [5.41, 5.74) is 3.82. The van der Waals surface area contributed by atoms with Crippen molar-refractivity contribution in [2.24, 2.45) is 0 Å². The van der Waals surface area contributed by atoms with Gasteiger partial charge in [-0.05, 0) is 32.5 Å². The molecule has 0 radical (unpaired) electrons. The van der Waals surface area contributed by atoms with Crippen molar-refractivity contribution in [2.75, 3.05) is 13.7 Å². The van der Waals surface area contributed by atoms with Crippen LogP contribution in [0.25, 0.3) is 0 Å². The lowest BCUT2D eigenvalue weighted by Crippen LogP contribution is -2.23. The second-order valence-electron chi connectivity index (χ2n) is 5.44. The topological polar surface area (TPSA) is 21.3 Å². The Labute approximate surface area is 128 Å². The van der Waals surface area contributed by atoms with E-state index in [1.165, 1.54) is 16.7 Å². The average molecular weight is 283 g/mol. The second-order valence-corrected chi connectivity index (χ2v) is 5.44. The third kappa shape index (κ3) is 3.64. The second kappa shape index (κ2) is 7.28. The van der Waals surface area contributed by atoms with Crippen molar-refractivity contribution >= 4 is 0 Å². The van der Waals surface area contributed by atoms with Gasteiger partial charge in [0.1, 0.15) is 5.75 Å². The molecule has 0 amide bonds. The molecule has 1 N–H and O–H groups in total. The van der Waals surface area contributed by atoms with Gasteiger partial charge in [0, 0.05) is 17.5 Å². The zero-order valence-electron chi connectivity index (χ0n) is 13.4. The third-order valence-electron chi connectivity index (χ3n) is 3.94. The number of hydrogen-bond acceptors (Lipinski definition) is 2. The molecule has 2 atom stereocenters. The molecule has 2 aromatic carbocycles. The molecule has 2 nitrogen and oxygen atoms in total. The highest BCUT2D eigenvalue weighted by Crippen LogP contribution is 2.35. The molecule has 0 spiro atoms. The fraction of sp³-hybridized carbons (Fsp3) is 0.368. The fourth-order valence-corrected chi connectivity index (χ4v) is 2.82. The Kier molecular flexibility index (Phi) is 5.40. The minimum atomic E-state index is 0.230. The monoisotopic (exact) mass is 283 g/mol. The maximum Gasteiger partial charge on any atom is 0.124 e. The number of rotatable bonds is 6. The molecule has 0 saturated carbocycles. The lowest BCUT2D eigenvalue weighted by atomic mass is 9.87. The summed E-state index contributed by atoms with van der Waals surface area (Å²) < 4.78 is 5.82. The molecule has 0 fully saturated rings. The van der Waals surface area contributed by atoms with Gasteiger partial charge >= 0.3 is 0 Å². The van der Waals surface area contributed by atoms with E-state index >= 15 is 0 Å². The Morgan fingerprint density at radius 3 is 2.43 bits per heavy atom. The molecule has 2 rings (SSSR count). The number of likely N-dealkylation sites (N-methyl/N-ethyl adjacent to an activating group) is 1. The highest BCUT2D eigenvalue weighted by atomic mass is 16.5. The van der Waals surface area contributed by atoms with Crippen LogP contribution >= 0.6 is 0 Å². The van der Waals surface area contributed by atoms with Gasteiger partial charge in [-0.1, -0.05) is 55.0 Å². The zero-order chi connectivity index (χ0) is 15.2. The predicted molar refractivity (Wildman–Crippen MR) is 89.0 cm³/mol. The number of hydrogen-bond donors (Lipinski definition) is 1. The van der Waals surface area contributed by atoms with Crippen molar-refractivity contribution < 1.29 is 4.74 Å². The first-order valence-electron chi connectivity index (χ1n) is 7.63. The van der Waals surface area contributed by atoms with Crippen LogP contribution in [0.2, 0.25) is 0 Å². The van der Waals surface area contributed by atoms with E-state index in [9.17, 15) is 0 Å². The molecule has 0 bridgehead atoms. The molecule has 2 unspecified atom stereocenters. The van der Waals surface area contributed by atoms with E-state index in [0.29, 0.717) is 12.5 Å². The number of ether oxygens (including phenoxy) is 1. The summed E-state index contributed by atoms with van der Waals surface area (Å²) in [5, 5.41) is 3.46. The van der Waals surface area contributed by atoms with E-state index in [1.807, 2.05) is 14.0 Å². The normalized spacial score (nSPS) is 13.7. The number of nitrogens with one attached hydrogen (secondary N) is 1. The quantitative estimate of drug-likeness (QED) is 0.845. The Balaban J connectivity index is 2.39. The first-order valence-corrected chi connectivity index (χ1v) is 7.63. The van der Waals surface area contributed by atoms with E-state index in [4.69, 9.17) is 4.74 Å². The van der Waals surface area contributed by atoms with Crippen LogP contribution < -0.4 is 10.1 Å². The maximum atomic E-state index is 5.82. The molecule has 0 aliphatic rings. The average Bonchev–Trinajstić information content (AvgIpc) is 2.51. The van der Waals surface area contributed by atoms with Gasteiger partial charge in [-0.25, -0.2) is 0 Å². The standard InChI is InChI=1S/C19H25NO/c1-5-21-18-12-11-14(2)13-17(18)19(20-4)15(3)16-9-7-6-8-10-16/h6-13,15,19-20H,5H2,1-4H3. The van der Waals surface area contributed by atoms with E-state index in [2.05, 4.69) is 67.7 Å². The van der Waals surface area contributed by atoms with Crippen molar-refractivity contribution in [3.63, 3.8) is 0 Å². The van der Waals surface area contributed by atoms with Crippen molar-refractivity contribution in [1.29, 1.82) is 0 Å². The van der Waals surface area contributed by atoms with Crippen LogP contribution in [0.4, 0.5) is 0 Å². The summed E-state index contributed by atoms with van der Waals surface area (Å²) in [7, 11) is 2.02. The van der Waals surface area contributed by atoms with Crippen LogP contribution in [0.15, 0.2) is 48.5 Å². The van der Waals surface area contributed by atoms with E-state index in [-0.39, 0.29) is 6.04 Å². The van der Waals surface area contributed by atoms with Gasteiger partial charge in [-0.3, -0.25) is 0 Å². The van der Waals surface area contributed by atoms with E-state index < -0.39 is 0 Å². The van der Waals surface area contributed by atoms with Crippen LogP contribution in [0, 0.1) is 6.92 Å². The van der Waals surface area contributed by atoms with Crippen molar-refractivity contribution in [2.45, 2.75) is 32.7 Å². The zero-order valence-corrected chi connectivity index (χ0v) is 13.4. The summed E-state index contributed by atoms with van der Waals surface area (Å²) in [6.45, 7) is 7.10. The van der Waals surface area contributed by atoms with Crippen molar-refractivity contribution in [3.05, 3.63) is 65.2 Å². The highest BCUT2D eigenvalue weighted by molar-refractivity contribution is 5.41. The molecule has 0 aromatic heterocycles. The van der Waals surface area contributed by atoms with Crippen LogP contribution in [0.1, 0.15) is 42.5 Å². The van der Waals surface area contributed by atoms with Gasteiger partial charge in [0.2, 0.25) is 0 Å². The van der Waals surface area contributed by atoms with Gasteiger partial charge < -0.3 is 10.1 Å². The minimum absolute atomic E-state index is 0.230. The Morgan fingerprint density at radius 1 is 1.10 bits per heavy atom. The highest BCUT2D eigenvalue weighted by Gasteiger charge is 2.22. The summed E-state index contributed by atoms with van der Waals surface area (Å²) in [4.78, 5) is 0. The third-order valence-corrected chi connectivity index (χ3v) is 3.94. The molecule has 112 valence electrons. The Morgan fingerprint density at radius 2 is 1.81 bits per heavy atom. The van der Waals surface area contributed by atoms with E-state index in [0.717, 1.165) is 5.75 Å². The number of aryl methyl sites for hydroxylation is 1. The largest absolute Gasteiger partial charge is 0.494 e. The molecule has 21 heavy (non-hydrogen) atoms. The molecular formula is C19H25NO. The Hall–Kier alpha value is -1.80. The van der Waals surface area contributed by atoms with Gasteiger partial charge in [0.15, 0.2) is 0 Å². The van der Waals surface area contributed by atoms with Crippen LogP contribution in [-0.4, -0.2) is 13.7 Å². The van der Waals surface area contributed by atoms with E-state index in [1.54, 1.807) is 0 Å². The van der Waals surface area contributed by atoms with Crippen LogP contribution in [0.5, 0.6) is 5.75 Å². The Bertz CT molecular complexity index is 565. The molecule has 0 heterocycles. The first-order chi connectivity index (χ1) is 10.2. The van der Waals surface area contributed by atoms with Gasteiger partial charge in [0.25, 0.3) is 0 Å². The van der Waals surface area contributed by atoms with Crippen LogP contribution in [0.3, 0.4) is 0 Å². The summed E-state index contributed by atoms with van der Waals surface area (Å²) in [6, 6.07) is 17.3. The molecule has 0 aliphatic carbocycles. The van der Waals surface area contributed by atoms with Crippen molar-refractivity contribution in [1.82, 2.24) is 5.32 Å². The summed E-state index contributed by atoms with van der Waals surface area (Å²) in [6.07, 6.45) is 0. The molecule has 2 aromatic rings. The number of benzene rings is 2. The SMILES string of the molecule is CCOc1ccc(C)cc1C(NC)C(C)c1ccccc1. The molecule has 0 aliphatic heterocycles. The summed E-state index contributed by atoms with van der Waals surface area (Å²) >= 11 is 0. The lowest BCUT2D eigenvalue weighted by molar-refractivity contribution is 0.329. The molecular weight excluding hydrogens is 258 g/mol. The smallest absolute Gasteiger partial charge is 0.124 e. The minimum Gasteiger partial charge on any atom is -0.494 e. The summed E-state index contributed by atoms with van der Waals surface area (Å²) in [5.74, 6) is 1.35. The molecule has 0 saturated heterocycles. The first kappa shape index (κ1) is 15.6. The van der Waals surface area contributed by atoms with Gasteiger partial charge in [-0.2, -0.15) is 0 Å². The van der Waals surface area contributed by atoms with Gasteiger partial charge in [0.05, 0.1) is 6.61 Å². The maximum absolute atomic E-state index is 5.82. The predicted octanol–water partition coefficient (Wildman–Crippen LogP) is 4.46. The van der Waals surface area contributed by atoms with Crippen molar-refractivity contribution in [3.8, 4) is 5.75 Å². The van der Waals surface area contributed by atoms with Crippen LogP contribution in [-0.2, 0) is 0 Å². The molecule has 2 heteroatoms. The fourth-order valence-electron chi connectivity index (χ4n) is 2.82. The lowest BCUT2D eigenvalue weighted by Gasteiger charge is -2.26.